The maximum absolute atomic E-state index is 13.7. The number of hydrogen-bond donors (Lipinski definition) is 1. The monoisotopic (exact) mass is 538 g/mol. The van der Waals surface area contributed by atoms with Gasteiger partial charge in [-0.25, -0.2) is 4.98 Å². The number of hydrogen-bond acceptors (Lipinski definition) is 7. The van der Waals surface area contributed by atoms with Crippen LogP contribution in [0.15, 0.2) is 77.5 Å². The number of benzene rings is 2. The van der Waals surface area contributed by atoms with E-state index in [1.54, 1.807) is 29.3 Å². The van der Waals surface area contributed by atoms with Crippen LogP contribution in [0.25, 0.3) is 0 Å². The number of rotatable bonds is 10. The molecule has 0 saturated carbocycles. The molecule has 1 N–H and O–H groups in total. The molecule has 5 rings (SSSR count). The van der Waals surface area contributed by atoms with Crippen LogP contribution < -0.4 is 14.8 Å². The molecule has 4 aromatic rings. The molecule has 0 aliphatic carbocycles. The normalized spacial score (nSPS) is 12.6. The summed E-state index contributed by atoms with van der Waals surface area (Å²) in [5.74, 6) is 0.976. The Morgan fingerprint density at radius 2 is 1.79 bits per heavy atom. The molecule has 0 radical (unpaired) electrons. The zero-order valence-corrected chi connectivity index (χ0v) is 20.8. The van der Waals surface area contributed by atoms with Crippen LogP contribution in [-0.4, -0.2) is 34.1 Å². The van der Waals surface area contributed by atoms with Crippen LogP contribution in [-0.2, 0) is 32.2 Å². The van der Waals surface area contributed by atoms with Gasteiger partial charge in [-0.15, -0.1) is 0 Å². The molecule has 11 heteroatoms. The summed E-state index contributed by atoms with van der Waals surface area (Å²) in [7, 11) is 0. The quantitative estimate of drug-likeness (QED) is 0.304. The van der Waals surface area contributed by atoms with Crippen molar-refractivity contribution in [2.45, 2.75) is 32.2 Å². The fourth-order valence-corrected chi connectivity index (χ4v) is 4.26. The number of fused-ring (bicyclic) bond motifs is 1. The van der Waals surface area contributed by atoms with E-state index < -0.39 is 17.6 Å². The maximum Gasteiger partial charge on any atom is 0.416 e. The van der Waals surface area contributed by atoms with E-state index in [4.69, 9.17) is 13.9 Å². The van der Waals surface area contributed by atoms with Crippen LogP contribution in [0.4, 0.5) is 13.2 Å². The van der Waals surface area contributed by atoms with Crippen molar-refractivity contribution in [3.63, 3.8) is 0 Å². The Balaban J connectivity index is 1.30. The highest BCUT2D eigenvalue weighted by Gasteiger charge is 2.33. The van der Waals surface area contributed by atoms with Crippen LogP contribution in [0.2, 0.25) is 0 Å². The predicted octanol–water partition coefficient (Wildman–Crippen LogP) is 4.99. The van der Waals surface area contributed by atoms with Gasteiger partial charge >= 0.3 is 6.18 Å². The van der Waals surface area contributed by atoms with E-state index in [0.717, 1.165) is 17.3 Å². The summed E-state index contributed by atoms with van der Waals surface area (Å²) in [6.07, 6.45) is -1.01. The number of oxazole rings is 1. The highest BCUT2D eigenvalue weighted by molar-refractivity contribution is 5.91. The zero-order valence-electron chi connectivity index (χ0n) is 20.8. The van der Waals surface area contributed by atoms with Crippen molar-refractivity contribution in [3.8, 4) is 11.5 Å². The summed E-state index contributed by atoms with van der Waals surface area (Å²) >= 11 is 0. The molecule has 2 aromatic carbocycles. The maximum atomic E-state index is 13.7. The Morgan fingerprint density at radius 1 is 0.974 bits per heavy atom. The van der Waals surface area contributed by atoms with Crippen molar-refractivity contribution in [2.24, 2.45) is 0 Å². The van der Waals surface area contributed by atoms with Gasteiger partial charge < -0.3 is 19.2 Å². The third kappa shape index (κ3) is 6.74. The van der Waals surface area contributed by atoms with Gasteiger partial charge in [0, 0.05) is 37.9 Å². The van der Waals surface area contributed by atoms with Crippen molar-refractivity contribution >= 4 is 5.91 Å². The predicted molar refractivity (Wildman–Crippen MR) is 134 cm³/mol. The van der Waals surface area contributed by atoms with Gasteiger partial charge in [-0.2, -0.15) is 13.2 Å². The SMILES string of the molecule is O=C(NCCc1ccccn1)c1coc(CN(Cc2ccc3c(c2)OCO3)Cc2ccccc2C(F)(F)F)n1. The molecule has 0 bridgehead atoms. The van der Waals surface area contributed by atoms with Crippen LogP contribution in [0.3, 0.4) is 0 Å². The minimum atomic E-state index is -4.50. The van der Waals surface area contributed by atoms with Gasteiger partial charge in [0.15, 0.2) is 17.2 Å². The largest absolute Gasteiger partial charge is 0.454 e. The molecule has 1 aliphatic rings. The summed E-state index contributed by atoms with van der Waals surface area (Å²) in [4.78, 5) is 22.8. The molecule has 1 amide bonds. The zero-order chi connectivity index (χ0) is 27.2. The molecule has 0 atom stereocenters. The topological polar surface area (TPSA) is 89.7 Å². The number of nitrogens with zero attached hydrogens (tertiary/aromatic N) is 3. The number of alkyl halides is 3. The smallest absolute Gasteiger partial charge is 0.416 e. The molecule has 39 heavy (non-hydrogen) atoms. The number of amides is 1. The number of nitrogens with one attached hydrogen (secondary N) is 1. The first-order valence-corrected chi connectivity index (χ1v) is 12.2. The summed E-state index contributed by atoms with van der Waals surface area (Å²) in [6.45, 7) is 0.795. The lowest BCUT2D eigenvalue weighted by Crippen LogP contribution is -2.26. The van der Waals surface area contributed by atoms with E-state index >= 15 is 0 Å². The van der Waals surface area contributed by atoms with E-state index in [0.29, 0.717) is 24.5 Å². The van der Waals surface area contributed by atoms with Crippen molar-refractivity contribution in [1.29, 1.82) is 0 Å². The van der Waals surface area contributed by atoms with Crippen molar-refractivity contribution in [2.75, 3.05) is 13.3 Å². The first-order chi connectivity index (χ1) is 18.8. The minimum Gasteiger partial charge on any atom is -0.454 e. The van der Waals surface area contributed by atoms with Crippen molar-refractivity contribution in [1.82, 2.24) is 20.2 Å². The minimum absolute atomic E-state index is 0.0297. The molecule has 202 valence electrons. The van der Waals surface area contributed by atoms with Crippen molar-refractivity contribution in [3.05, 3.63) is 107 Å². The molecule has 8 nitrogen and oxygen atoms in total. The molecular formula is C28H25F3N4O4. The molecule has 0 unspecified atom stereocenters. The first kappa shape index (κ1) is 26.2. The summed E-state index contributed by atoms with van der Waals surface area (Å²) in [5, 5.41) is 2.78. The second-order valence-electron chi connectivity index (χ2n) is 8.94. The average Bonchev–Trinajstić information content (AvgIpc) is 3.58. The van der Waals surface area contributed by atoms with Gasteiger partial charge in [-0.05, 0) is 41.5 Å². The lowest BCUT2D eigenvalue weighted by Gasteiger charge is -2.23. The van der Waals surface area contributed by atoms with Gasteiger partial charge in [-0.3, -0.25) is 14.7 Å². The molecular weight excluding hydrogens is 513 g/mol. The summed E-state index contributed by atoms with van der Waals surface area (Å²) in [6, 6.07) is 16.4. The molecule has 3 heterocycles. The molecule has 2 aromatic heterocycles. The van der Waals surface area contributed by atoms with Crippen LogP contribution in [0.1, 0.15) is 38.8 Å². The molecule has 1 aliphatic heterocycles. The molecule has 0 spiro atoms. The first-order valence-electron chi connectivity index (χ1n) is 12.2. The average molecular weight is 539 g/mol. The lowest BCUT2D eigenvalue weighted by atomic mass is 10.1. The van der Waals surface area contributed by atoms with Crippen LogP contribution in [0.5, 0.6) is 11.5 Å². The second-order valence-corrected chi connectivity index (χ2v) is 8.94. The number of carbonyl (C=O) groups is 1. The summed E-state index contributed by atoms with van der Waals surface area (Å²) in [5.41, 5.74) is 1.15. The van der Waals surface area contributed by atoms with Gasteiger partial charge in [-0.1, -0.05) is 30.3 Å². The van der Waals surface area contributed by atoms with E-state index in [2.05, 4.69) is 15.3 Å². The Hall–Kier alpha value is -4.38. The standard InChI is InChI=1S/C28H25F3N4O4/c29-28(30,31)22-7-2-1-5-20(22)15-35(14-19-8-9-24-25(13-19)39-18-38-24)16-26-34-23(17-37-26)27(36)33-12-10-21-6-3-4-11-32-21/h1-9,11,13,17H,10,12,14-16,18H2,(H,33,36). The lowest BCUT2D eigenvalue weighted by molar-refractivity contribution is -0.138. The van der Waals surface area contributed by atoms with Crippen LogP contribution >= 0.6 is 0 Å². The molecule has 0 fully saturated rings. The Bertz CT molecular complexity index is 1430. The van der Waals surface area contributed by atoms with E-state index in [1.807, 2.05) is 24.3 Å². The Labute approximate surface area is 222 Å². The second kappa shape index (κ2) is 11.6. The number of halogens is 3. The van der Waals surface area contributed by atoms with E-state index in [-0.39, 0.29) is 43.6 Å². The third-order valence-corrected chi connectivity index (χ3v) is 6.10. The van der Waals surface area contributed by atoms with E-state index in [1.165, 1.54) is 18.4 Å². The van der Waals surface area contributed by atoms with Crippen molar-refractivity contribution < 1.29 is 31.9 Å². The van der Waals surface area contributed by atoms with Crippen LogP contribution in [0, 0.1) is 0 Å². The van der Waals surface area contributed by atoms with Gasteiger partial charge in [0.2, 0.25) is 12.7 Å². The third-order valence-electron chi connectivity index (χ3n) is 6.10. The van der Waals surface area contributed by atoms with Gasteiger partial charge in [0.1, 0.15) is 6.26 Å². The van der Waals surface area contributed by atoms with Gasteiger partial charge in [0.05, 0.1) is 12.1 Å². The number of carbonyl (C=O) groups excluding carboxylic acids is 1. The summed E-state index contributed by atoms with van der Waals surface area (Å²) < 4.78 is 57.4. The number of pyridine rings is 1. The van der Waals surface area contributed by atoms with E-state index in [9.17, 15) is 18.0 Å². The molecule has 0 saturated heterocycles. The fourth-order valence-electron chi connectivity index (χ4n) is 4.26. The highest BCUT2D eigenvalue weighted by Crippen LogP contribution is 2.34. The Kier molecular flexibility index (Phi) is 7.78. The fraction of sp³-hybridized carbons (Fsp3) is 0.250. The Morgan fingerprint density at radius 3 is 2.62 bits per heavy atom. The number of ether oxygens (including phenoxy) is 2. The highest BCUT2D eigenvalue weighted by atomic mass is 19.4. The number of aromatic nitrogens is 2. The van der Waals surface area contributed by atoms with Gasteiger partial charge in [0.25, 0.3) is 5.91 Å².